The molecule has 1 fully saturated rings. The quantitative estimate of drug-likeness (QED) is 0.864. The van der Waals surface area contributed by atoms with Gasteiger partial charge < -0.3 is 0 Å². The fourth-order valence-electron chi connectivity index (χ4n) is 1.59. The van der Waals surface area contributed by atoms with Gasteiger partial charge in [0.15, 0.2) is 0 Å². The minimum Gasteiger partial charge on any atom is -0.299 e. The summed E-state index contributed by atoms with van der Waals surface area (Å²) in [7, 11) is 0. The zero-order valence-corrected chi connectivity index (χ0v) is 9.20. The Morgan fingerprint density at radius 3 is 2.38 bits per heavy atom. The molecule has 5 heteroatoms. The molecule has 2 rings (SSSR count). The molecule has 1 aliphatic rings. The van der Waals surface area contributed by atoms with Crippen LogP contribution in [0.15, 0.2) is 24.3 Å². The third-order valence-corrected chi connectivity index (χ3v) is 3.24. The highest BCUT2D eigenvalue weighted by Crippen LogP contribution is 2.49. The van der Waals surface area contributed by atoms with E-state index in [4.69, 9.17) is 11.6 Å². The van der Waals surface area contributed by atoms with Crippen LogP contribution in [0.1, 0.15) is 18.4 Å². The molecule has 0 saturated heterocycles. The number of halogens is 4. The molecular formula is C11H11ClF3N. The Bertz CT molecular complexity index is 385. The zero-order chi connectivity index (χ0) is 11.8. The lowest BCUT2D eigenvalue weighted by molar-refractivity contribution is -0.166. The van der Waals surface area contributed by atoms with Crippen LogP contribution in [0.25, 0.3) is 0 Å². The molecule has 0 heterocycles. The van der Waals surface area contributed by atoms with Crippen molar-refractivity contribution in [3.05, 3.63) is 34.9 Å². The molecule has 1 saturated carbocycles. The van der Waals surface area contributed by atoms with Crippen molar-refractivity contribution in [3.63, 3.8) is 0 Å². The van der Waals surface area contributed by atoms with E-state index in [0.29, 0.717) is 10.6 Å². The first-order valence-corrected chi connectivity index (χ1v) is 5.38. The summed E-state index contributed by atoms with van der Waals surface area (Å²) >= 11 is 5.87. The molecule has 0 spiro atoms. The minimum atomic E-state index is -4.17. The number of hydrogen-bond acceptors (Lipinski definition) is 1. The second-order valence-electron chi connectivity index (χ2n) is 4.02. The van der Waals surface area contributed by atoms with Crippen LogP contribution in [-0.2, 0) is 6.54 Å². The Labute approximate surface area is 96.6 Å². The number of alkyl halides is 3. The van der Waals surface area contributed by atoms with Gasteiger partial charge in [-0.15, -0.1) is 0 Å². The molecule has 0 aliphatic heterocycles. The van der Waals surface area contributed by atoms with E-state index in [1.54, 1.807) is 24.3 Å². The molecular weight excluding hydrogens is 239 g/mol. The standard InChI is InChI=1S/C11H11ClF3N/c12-9-4-2-1-3-8(9)7-16-10(5-6-10)11(13,14)15/h1-4,16H,5-7H2. The fraction of sp³-hybridized carbons (Fsp3) is 0.455. The van der Waals surface area contributed by atoms with Crippen LogP contribution in [0.2, 0.25) is 5.02 Å². The van der Waals surface area contributed by atoms with Gasteiger partial charge in [-0.05, 0) is 24.5 Å². The van der Waals surface area contributed by atoms with Crippen molar-refractivity contribution in [2.24, 2.45) is 0 Å². The van der Waals surface area contributed by atoms with E-state index in [2.05, 4.69) is 5.32 Å². The van der Waals surface area contributed by atoms with Crippen molar-refractivity contribution in [2.45, 2.75) is 31.1 Å². The normalized spacial score (nSPS) is 18.5. The summed E-state index contributed by atoms with van der Waals surface area (Å²) in [5, 5.41) is 3.05. The van der Waals surface area contributed by atoms with Crippen molar-refractivity contribution in [1.29, 1.82) is 0 Å². The van der Waals surface area contributed by atoms with Gasteiger partial charge in [0.05, 0.1) is 0 Å². The minimum absolute atomic E-state index is 0.152. The molecule has 0 radical (unpaired) electrons. The monoisotopic (exact) mass is 249 g/mol. The van der Waals surface area contributed by atoms with Crippen LogP contribution in [0, 0.1) is 0 Å². The summed E-state index contributed by atoms with van der Waals surface area (Å²) in [6.45, 7) is 0.152. The van der Waals surface area contributed by atoms with E-state index in [9.17, 15) is 13.2 Å². The second kappa shape index (κ2) is 3.93. The van der Waals surface area contributed by atoms with Crippen molar-refractivity contribution < 1.29 is 13.2 Å². The molecule has 0 aromatic heterocycles. The number of nitrogens with one attached hydrogen (secondary N) is 1. The van der Waals surface area contributed by atoms with Crippen molar-refractivity contribution >= 4 is 11.6 Å². The fourth-order valence-corrected chi connectivity index (χ4v) is 1.79. The Morgan fingerprint density at radius 1 is 1.25 bits per heavy atom. The zero-order valence-electron chi connectivity index (χ0n) is 8.44. The lowest BCUT2D eigenvalue weighted by Crippen LogP contribution is -2.44. The maximum atomic E-state index is 12.6. The molecule has 1 aromatic carbocycles. The predicted octanol–water partition coefficient (Wildman–Crippen LogP) is 3.52. The first kappa shape index (κ1) is 11.7. The first-order chi connectivity index (χ1) is 7.45. The van der Waals surface area contributed by atoms with Gasteiger partial charge in [-0.25, -0.2) is 0 Å². The third-order valence-electron chi connectivity index (χ3n) is 2.87. The molecule has 0 amide bonds. The molecule has 0 unspecified atom stereocenters. The summed E-state index contributed by atoms with van der Waals surface area (Å²) in [6.07, 6.45) is -3.86. The lowest BCUT2D eigenvalue weighted by atomic mass is 10.2. The van der Waals surface area contributed by atoms with Gasteiger partial charge in [-0.2, -0.15) is 13.2 Å². The largest absolute Gasteiger partial charge is 0.406 e. The summed E-state index contributed by atoms with van der Waals surface area (Å²) in [5.74, 6) is 0. The highest BCUT2D eigenvalue weighted by atomic mass is 35.5. The molecule has 1 N–H and O–H groups in total. The van der Waals surface area contributed by atoms with Crippen molar-refractivity contribution in [2.75, 3.05) is 0 Å². The van der Waals surface area contributed by atoms with E-state index in [0.717, 1.165) is 0 Å². The molecule has 0 atom stereocenters. The number of benzene rings is 1. The summed E-state index contributed by atoms with van der Waals surface area (Å²) in [6, 6.07) is 6.91. The molecule has 88 valence electrons. The van der Waals surface area contributed by atoms with E-state index in [1.165, 1.54) is 0 Å². The van der Waals surface area contributed by atoms with Gasteiger partial charge >= 0.3 is 6.18 Å². The lowest BCUT2D eigenvalue weighted by Gasteiger charge is -2.21. The smallest absolute Gasteiger partial charge is 0.299 e. The Hall–Kier alpha value is -0.740. The number of hydrogen-bond donors (Lipinski definition) is 1. The van der Waals surface area contributed by atoms with Gasteiger partial charge in [0.1, 0.15) is 5.54 Å². The van der Waals surface area contributed by atoms with Crippen LogP contribution in [-0.4, -0.2) is 11.7 Å². The van der Waals surface area contributed by atoms with E-state index in [-0.39, 0.29) is 19.4 Å². The SMILES string of the molecule is FC(F)(F)C1(NCc2ccccc2Cl)CC1. The van der Waals surface area contributed by atoms with Gasteiger partial charge in [-0.1, -0.05) is 29.8 Å². The third kappa shape index (κ3) is 2.18. The first-order valence-electron chi connectivity index (χ1n) is 5.00. The average molecular weight is 250 g/mol. The maximum Gasteiger partial charge on any atom is 0.406 e. The second-order valence-corrected chi connectivity index (χ2v) is 4.43. The maximum absolute atomic E-state index is 12.6. The van der Waals surface area contributed by atoms with Crippen LogP contribution >= 0.6 is 11.6 Å². The average Bonchev–Trinajstić information content (AvgIpc) is 2.96. The van der Waals surface area contributed by atoms with E-state index in [1.807, 2.05) is 0 Å². The van der Waals surface area contributed by atoms with Crippen molar-refractivity contribution in [1.82, 2.24) is 5.32 Å². The molecule has 1 aromatic rings. The highest BCUT2D eigenvalue weighted by Gasteiger charge is 2.62. The summed E-state index contributed by atoms with van der Waals surface area (Å²) < 4.78 is 37.8. The van der Waals surface area contributed by atoms with Crippen LogP contribution < -0.4 is 5.32 Å². The molecule has 0 bridgehead atoms. The topological polar surface area (TPSA) is 12.0 Å². The van der Waals surface area contributed by atoms with Gasteiger partial charge in [0.2, 0.25) is 0 Å². The molecule has 16 heavy (non-hydrogen) atoms. The summed E-state index contributed by atoms with van der Waals surface area (Å²) in [5.41, 5.74) is -0.980. The van der Waals surface area contributed by atoms with Gasteiger partial charge in [-0.3, -0.25) is 5.32 Å². The number of rotatable bonds is 3. The van der Waals surface area contributed by atoms with E-state index < -0.39 is 11.7 Å². The van der Waals surface area contributed by atoms with Crippen LogP contribution in [0.5, 0.6) is 0 Å². The summed E-state index contributed by atoms with van der Waals surface area (Å²) in [4.78, 5) is 0. The molecule has 1 aliphatic carbocycles. The van der Waals surface area contributed by atoms with Crippen LogP contribution in [0.4, 0.5) is 13.2 Å². The van der Waals surface area contributed by atoms with Crippen LogP contribution in [0.3, 0.4) is 0 Å². The van der Waals surface area contributed by atoms with Crippen molar-refractivity contribution in [3.8, 4) is 0 Å². The Morgan fingerprint density at radius 2 is 1.88 bits per heavy atom. The Kier molecular flexibility index (Phi) is 2.88. The van der Waals surface area contributed by atoms with Gasteiger partial charge in [0, 0.05) is 11.6 Å². The van der Waals surface area contributed by atoms with E-state index >= 15 is 0 Å². The Balaban J connectivity index is 2.01. The predicted molar refractivity (Wildman–Crippen MR) is 56.3 cm³/mol. The highest BCUT2D eigenvalue weighted by molar-refractivity contribution is 6.31. The molecule has 1 nitrogen and oxygen atoms in total. The van der Waals surface area contributed by atoms with Gasteiger partial charge in [0.25, 0.3) is 0 Å².